The number of nitrogens with two attached hydrogens (primary N) is 1. The van der Waals surface area contributed by atoms with Crippen LogP contribution in [0.5, 0.6) is 0 Å². The largest absolute Gasteiger partial charge is 0.330 e. The van der Waals surface area contributed by atoms with E-state index in [2.05, 4.69) is 13.8 Å². The van der Waals surface area contributed by atoms with Crippen molar-refractivity contribution in [2.45, 2.75) is 20.3 Å². The highest BCUT2D eigenvalue weighted by molar-refractivity contribution is 5.75. The number of hydrogen-bond acceptors (Lipinski definition) is 2. The van der Waals surface area contributed by atoms with Gasteiger partial charge in [0.15, 0.2) is 0 Å². The van der Waals surface area contributed by atoms with Crippen LogP contribution in [0.2, 0.25) is 0 Å². The standard InChI is InChI=1S/C11H23N3O/c1-9(2)6-14-8-10(4-5-12)7-13(3)11(14)15/h9-10H,4-8,12H2,1-3H3. The second-order valence-corrected chi connectivity index (χ2v) is 4.91. The lowest BCUT2D eigenvalue weighted by Crippen LogP contribution is -2.52. The number of urea groups is 1. The van der Waals surface area contributed by atoms with Crippen molar-refractivity contribution in [2.24, 2.45) is 17.6 Å². The molecule has 2 N–H and O–H groups in total. The summed E-state index contributed by atoms with van der Waals surface area (Å²) in [5.74, 6) is 1.07. The van der Waals surface area contributed by atoms with Crippen molar-refractivity contribution in [3.05, 3.63) is 0 Å². The number of nitrogens with zero attached hydrogens (tertiary/aromatic N) is 2. The SMILES string of the molecule is CC(C)CN1CC(CCN)CN(C)C1=O. The van der Waals surface area contributed by atoms with E-state index < -0.39 is 0 Å². The molecule has 1 atom stereocenters. The van der Waals surface area contributed by atoms with E-state index >= 15 is 0 Å². The van der Waals surface area contributed by atoms with Gasteiger partial charge in [-0.2, -0.15) is 0 Å². The molecule has 1 saturated heterocycles. The van der Waals surface area contributed by atoms with Gasteiger partial charge in [-0.05, 0) is 24.8 Å². The lowest BCUT2D eigenvalue weighted by atomic mass is 10.0. The van der Waals surface area contributed by atoms with E-state index in [9.17, 15) is 4.79 Å². The second kappa shape index (κ2) is 5.35. The Bertz CT molecular complexity index is 218. The van der Waals surface area contributed by atoms with Crippen molar-refractivity contribution in [3.8, 4) is 0 Å². The average Bonchev–Trinajstić information content (AvgIpc) is 2.13. The molecule has 1 fully saturated rings. The van der Waals surface area contributed by atoms with Gasteiger partial charge in [-0.3, -0.25) is 0 Å². The summed E-state index contributed by atoms with van der Waals surface area (Å²) >= 11 is 0. The Kier molecular flexibility index (Phi) is 4.39. The number of amides is 2. The highest BCUT2D eigenvalue weighted by atomic mass is 16.2. The molecule has 0 radical (unpaired) electrons. The van der Waals surface area contributed by atoms with E-state index in [4.69, 9.17) is 5.73 Å². The van der Waals surface area contributed by atoms with Gasteiger partial charge in [-0.15, -0.1) is 0 Å². The van der Waals surface area contributed by atoms with Crippen molar-refractivity contribution in [3.63, 3.8) is 0 Å². The maximum absolute atomic E-state index is 11.8. The van der Waals surface area contributed by atoms with Crippen LogP contribution in [0.3, 0.4) is 0 Å². The molecular formula is C11H23N3O. The first-order valence-corrected chi connectivity index (χ1v) is 5.74. The Morgan fingerprint density at radius 2 is 2.13 bits per heavy atom. The monoisotopic (exact) mass is 213 g/mol. The molecule has 88 valence electrons. The molecule has 2 amide bonds. The van der Waals surface area contributed by atoms with Crippen molar-refractivity contribution < 1.29 is 4.79 Å². The average molecular weight is 213 g/mol. The molecule has 1 rings (SSSR count). The molecule has 1 heterocycles. The van der Waals surface area contributed by atoms with E-state index in [-0.39, 0.29) is 6.03 Å². The van der Waals surface area contributed by atoms with E-state index in [1.165, 1.54) is 0 Å². The molecular weight excluding hydrogens is 190 g/mol. The third-order valence-electron chi connectivity index (χ3n) is 2.77. The van der Waals surface area contributed by atoms with Gasteiger partial charge < -0.3 is 15.5 Å². The Labute approximate surface area is 92.4 Å². The summed E-state index contributed by atoms with van der Waals surface area (Å²) in [4.78, 5) is 15.6. The van der Waals surface area contributed by atoms with Crippen LogP contribution in [-0.4, -0.2) is 49.1 Å². The quantitative estimate of drug-likeness (QED) is 0.756. The second-order valence-electron chi connectivity index (χ2n) is 4.91. The van der Waals surface area contributed by atoms with Gasteiger partial charge in [-0.25, -0.2) is 4.79 Å². The third kappa shape index (κ3) is 3.38. The Morgan fingerprint density at radius 1 is 1.47 bits per heavy atom. The van der Waals surface area contributed by atoms with E-state index in [0.717, 1.165) is 26.1 Å². The normalized spacial score (nSPS) is 22.7. The highest BCUT2D eigenvalue weighted by Crippen LogP contribution is 2.16. The smallest absolute Gasteiger partial charge is 0.319 e. The van der Waals surface area contributed by atoms with Crippen LogP contribution >= 0.6 is 0 Å². The van der Waals surface area contributed by atoms with Crippen LogP contribution in [0.15, 0.2) is 0 Å². The molecule has 0 aromatic heterocycles. The summed E-state index contributed by atoms with van der Waals surface area (Å²) in [7, 11) is 1.87. The number of carbonyl (C=O) groups excluding carboxylic acids is 1. The van der Waals surface area contributed by atoms with Crippen LogP contribution in [0, 0.1) is 11.8 Å². The molecule has 0 saturated carbocycles. The molecule has 15 heavy (non-hydrogen) atoms. The van der Waals surface area contributed by atoms with Gasteiger partial charge >= 0.3 is 6.03 Å². The maximum Gasteiger partial charge on any atom is 0.319 e. The van der Waals surface area contributed by atoms with Crippen LogP contribution < -0.4 is 5.73 Å². The van der Waals surface area contributed by atoms with E-state index in [1.807, 2.05) is 16.8 Å². The molecule has 4 nitrogen and oxygen atoms in total. The molecule has 1 unspecified atom stereocenters. The molecule has 4 heteroatoms. The number of hydrogen-bond donors (Lipinski definition) is 1. The first kappa shape index (κ1) is 12.3. The van der Waals surface area contributed by atoms with Gasteiger partial charge in [0, 0.05) is 26.7 Å². The molecule has 0 aromatic carbocycles. The molecule has 0 aromatic rings. The van der Waals surface area contributed by atoms with Crippen LogP contribution in [0.4, 0.5) is 4.79 Å². The van der Waals surface area contributed by atoms with E-state index in [0.29, 0.717) is 18.4 Å². The molecule has 0 aliphatic carbocycles. The lowest BCUT2D eigenvalue weighted by molar-refractivity contribution is 0.107. The van der Waals surface area contributed by atoms with Crippen molar-refractivity contribution in [1.29, 1.82) is 0 Å². The predicted octanol–water partition coefficient (Wildman–Crippen LogP) is 0.975. The Hall–Kier alpha value is -0.770. The Balaban J connectivity index is 2.56. The fourth-order valence-corrected chi connectivity index (χ4v) is 2.17. The summed E-state index contributed by atoms with van der Waals surface area (Å²) < 4.78 is 0. The van der Waals surface area contributed by atoms with Gasteiger partial charge in [0.2, 0.25) is 0 Å². The molecule has 1 aliphatic heterocycles. The highest BCUT2D eigenvalue weighted by Gasteiger charge is 2.28. The predicted molar refractivity (Wildman–Crippen MR) is 61.6 cm³/mol. The molecule has 1 aliphatic rings. The first-order valence-electron chi connectivity index (χ1n) is 5.74. The van der Waals surface area contributed by atoms with Gasteiger partial charge in [0.1, 0.15) is 0 Å². The van der Waals surface area contributed by atoms with Crippen molar-refractivity contribution >= 4 is 6.03 Å². The summed E-state index contributed by atoms with van der Waals surface area (Å²) in [6, 6.07) is 0.164. The van der Waals surface area contributed by atoms with Crippen molar-refractivity contribution in [2.75, 3.05) is 33.2 Å². The Morgan fingerprint density at radius 3 is 2.67 bits per heavy atom. The minimum absolute atomic E-state index is 0.164. The van der Waals surface area contributed by atoms with Crippen LogP contribution in [0.25, 0.3) is 0 Å². The first-order chi connectivity index (χ1) is 7.04. The minimum atomic E-state index is 0.164. The van der Waals surface area contributed by atoms with Crippen molar-refractivity contribution in [1.82, 2.24) is 9.80 Å². The molecule has 0 spiro atoms. The summed E-state index contributed by atoms with van der Waals surface area (Å²) in [5.41, 5.74) is 5.56. The maximum atomic E-state index is 11.8. The van der Waals surface area contributed by atoms with Crippen LogP contribution in [0.1, 0.15) is 20.3 Å². The zero-order chi connectivity index (χ0) is 11.4. The fraction of sp³-hybridized carbons (Fsp3) is 0.909. The minimum Gasteiger partial charge on any atom is -0.330 e. The van der Waals surface area contributed by atoms with Crippen LogP contribution in [-0.2, 0) is 0 Å². The van der Waals surface area contributed by atoms with Gasteiger partial charge in [-0.1, -0.05) is 13.8 Å². The number of carbonyl (C=O) groups is 1. The topological polar surface area (TPSA) is 49.6 Å². The van der Waals surface area contributed by atoms with E-state index in [1.54, 1.807) is 0 Å². The number of rotatable bonds is 4. The summed E-state index contributed by atoms with van der Waals surface area (Å²) in [6.45, 7) is 7.56. The van der Waals surface area contributed by atoms with Gasteiger partial charge in [0.05, 0.1) is 0 Å². The fourth-order valence-electron chi connectivity index (χ4n) is 2.17. The third-order valence-corrected chi connectivity index (χ3v) is 2.77. The summed E-state index contributed by atoms with van der Waals surface area (Å²) in [5, 5.41) is 0. The zero-order valence-electron chi connectivity index (χ0n) is 10.1. The zero-order valence-corrected chi connectivity index (χ0v) is 10.1. The molecule has 0 bridgehead atoms. The van der Waals surface area contributed by atoms with Gasteiger partial charge in [0.25, 0.3) is 0 Å². The summed E-state index contributed by atoms with van der Waals surface area (Å²) in [6.07, 6.45) is 1.01. The lowest BCUT2D eigenvalue weighted by Gasteiger charge is -2.39.